The maximum Gasteiger partial charge on any atom is 0.255 e. The van der Waals surface area contributed by atoms with E-state index in [4.69, 9.17) is 0 Å². The first-order valence-electron chi connectivity index (χ1n) is 6.73. The molecule has 0 bridgehead atoms. The second-order valence-corrected chi connectivity index (χ2v) is 5.28. The molecule has 5 nitrogen and oxygen atoms in total. The van der Waals surface area contributed by atoms with E-state index in [1.807, 2.05) is 13.1 Å². The van der Waals surface area contributed by atoms with Crippen LogP contribution in [0.2, 0.25) is 0 Å². The number of nitrogens with zero attached hydrogens (tertiary/aromatic N) is 2. The average molecular weight is 262 g/mol. The Balaban J connectivity index is 2.04. The van der Waals surface area contributed by atoms with Crippen LogP contribution in [0.25, 0.3) is 0 Å². The van der Waals surface area contributed by atoms with Crippen molar-refractivity contribution in [2.24, 2.45) is 5.92 Å². The fourth-order valence-electron chi connectivity index (χ4n) is 2.61. The molecule has 2 N–H and O–H groups in total. The molecule has 2 atom stereocenters. The summed E-state index contributed by atoms with van der Waals surface area (Å²) in [5.41, 5.74) is 1.42. The summed E-state index contributed by atoms with van der Waals surface area (Å²) in [5.74, 6) is 0.427. The summed E-state index contributed by atoms with van der Waals surface area (Å²) < 4.78 is 0. The Labute approximate surface area is 114 Å². The number of likely N-dealkylation sites (tertiary alicyclic amines) is 1. The molecule has 19 heavy (non-hydrogen) atoms. The molecule has 2 heterocycles. The SMILES string of the molecule is CNc1ccncc1C(=O)NC1CCN(C)CC1C. The van der Waals surface area contributed by atoms with Crippen molar-refractivity contribution in [1.82, 2.24) is 15.2 Å². The summed E-state index contributed by atoms with van der Waals surface area (Å²) in [5, 5.41) is 6.16. The molecule has 2 unspecified atom stereocenters. The van der Waals surface area contributed by atoms with Crippen molar-refractivity contribution < 1.29 is 4.79 Å². The summed E-state index contributed by atoms with van der Waals surface area (Å²) in [6.07, 6.45) is 4.29. The van der Waals surface area contributed by atoms with Crippen LogP contribution in [0.15, 0.2) is 18.5 Å². The first-order chi connectivity index (χ1) is 9.11. The molecule has 1 saturated heterocycles. The number of carbonyl (C=O) groups is 1. The van der Waals surface area contributed by atoms with Gasteiger partial charge in [0.15, 0.2) is 0 Å². The van der Waals surface area contributed by atoms with Gasteiger partial charge in [0.25, 0.3) is 5.91 Å². The van der Waals surface area contributed by atoms with Gasteiger partial charge in [0.2, 0.25) is 0 Å². The Morgan fingerprint density at radius 1 is 1.53 bits per heavy atom. The van der Waals surface area contributed by atoms with Crippen LogP contribution in [0.4, 0.5) is 5.69 Å². The molecular formula is C14H22N4O. The zero-order chi connectivity index (χ0) is 13.8. The van der Waals surface area contributed by atoms with Crippen LogP contribution in [0, 0.1) is 5.92 Å². The summed E-state index contributed by atoms with van der Waals surface area (Å²) in [4.78, 5) is 18.6. The number of amides is 1. The summed E-state index contributed by atoms with van der Waals surface area (Å²) in [7, 11) is 3.93. The molecule has 104 valence electrons. The smallest absolute Gasteiger partial charge is 0.255 e. The van der Waals surface area contributed by atoms with Gasteiger partial charge in [-0.05, 0) is 32.0 Å². The highest BCUT2D eigenvalue weighted by atomic mass is 16.1. The van der Waals surface area contributed by atoms with Gasteiger partial charge in [-0.15, -0.1) is 0 Å². The van der Waals surface area contributed by atoms with Gasteiger partial charge in [0.1, 0.15) is 0 Å². The Morgan fingerprint density at radius 3 is 3.00 bits per heavy atom. The average Bonchev–Trinajstić information content (AvgIpc) is 2.41. The number of aromatic nitrogens is 1. The number of pyridine rings is 1. The molecule has 1 fully saturated rings. The van der Waals surface area contributed by atoms with Gasteiger partial charge in [-0.3, -0.25) is 9.78 Å². The van der Waals surface area contributed by atoms with Gasteiger partial charge in [0, 0.05) is 37.7 Å². The number of nitrogens with one attached hydrogen (secondary N) is 2. The Kier molecular flexibility index (Phi) is 4.37. The number of hydrogen-bond donors (Lipinski definition) is 2. The standard InChI is InChI=1S/C14H22N4O/c1-10-9-18(3)7-5-12(10)17-14(19)11-8-16-6-4-13(11)15-2/h4,6,8,10,12H,5,7,9H2,1-3H3,(H,15,16)(H,17,19). The minimum atomic E-state index is -0.0427. The fourth-order valence-corrected chi connectivity index (χ4v) is 2.61. The number of piperidine rings is 1. The van der Waals surface area contributed by atoms with E-state index in [0.29, 0.717) is 11.5 Å². The Bertz CT molecular complexity index is 449. The normalized spacial score (nSPS) is 23.9. The van der Waals surface area contributed by atoms with Crippen molar-refractivity contribution in [3.63, 3.8) is 0 Å². The lowest BCUT2D eigenvalue weighted by molar-refractivity contribution is 0.0884. The van der Waals surface area contributed by atoms with Crippen LogP contribution in [0.1, 0.15) is 23.7 Å². The summed E-state index contributed by atoms with van der Waals surface area (Å²) in [6.45, 7) is 4.24. The molecule has 2 rings (SSSR count). The first-order valence-corrected chi connectivity index (χ1v) is 6.73. The lowest BCUT2D eigenvalue weighted by Crippen LogP contribution is -2.48. The largest absolute Gasteiger partial charge is 0.387 e. The van der Waals surface area contributed by atoms with Crippen molar-refractivity contribution in [2.45, 2.75) is 19.4 Å². The van der Waals surface area contributed by atoms with Gasteiger partial charge in [-0.25, -0.2) is 0 Å². The molecular weight excluding hydrogens is 240 g/mol. The molecule has 1 aliphatic rings. The van der Waals surface area contributed by atoms with Gasteiger partial charge in [0.05, 0.1) is 5.56 Å². The summed E-state index contributed by atoms with van der Waals surface area (Å²) in [6, 6.07) is 2.06. The molecule has 5 heteroatoms. The zero-order valence-corrected chi connectivity index (χ0v) is 11.8. The van der Waals surface area contributed by atoms with Crippen LogP contribution < -0.4 is 10.6 Å². The van der Waals surface area contributed by atoms with Gasteiger partial charge >= 0.3 is 0 Å². The van der Waals surface area contributed by atoms with Crippen molar-refractivity contribution in [3.05, 3.63) is 24.0 Å². The summed E-state index contributed by atoms with van der Waals surface area (Å²) >= 11 is 0. The molecule has 0 spiro atoms. The topological polar surface area (TPSA) is 57.3 Å². The molecule has 0 aromatic carbocycles. The number of rotatable bonds is 3. The first kappa shape index (κ1) is 13.8. The van der Waals surface area contributed by atoms with Crippen molar-refractivity contribution in [3.8, 4) is 0 Å². The highest BCUT2D eigenvalue weighted by Crippen LogP contribution is 2.18. The van der Waals surface area contributed by atoms with Crippen molar-refractivity contribution in [1.29, 1.82) is 0 Å². The van der Waals surface area contributed by atoms with E-state index in [-0.39, 0.29) is 11.9 Å². The van der Waals surface area contributed by atoms with E-state index < -0.39 is 0 Å². The Morgan fingerprint density at radius 2 is 2.32 bits per heavy atom. The molecule has 0 saturated carbocycles. The molecule has 1 aromatic rings. The number of hydrogen-bond acceptors (Lipinski definition) is 4. The van der Waals surface area contributed by atoms with Crippen LogP contribution in [0.5, 0.6) is 0 Å². The minimum absolute atomic E-state index is 0.0427. The lowest BCUT2D eigenvalue weighted by Gasteiger charge is -2.35. The van der Waals surface area contributed by atoms with Crippen molar-refractivity contribution in [2.75, 3.05) is 32.5 Å². The lowest BCUT2D eigenvalue weighted by atomic mass is 9.94. The molecule has 1 amide bonds. The number of anilines is 1. The predicted molar refractivity (Wildman–Crippen MR) is 76.3 cm³/mol. The Hall–Kier alpha value is -1.62. The second kappa shape index (κ2) is 6.02. The zero-order valence-electron chi connectivity index (χ0n) is 11.8. The van der Waals surface area contributed by atoms with Crippen LogP contribution >= 0.6 is 0 Å². The quantitative estimate of drug-likeness (QED) is 0.859. The van der Waals surface area contributed by atoms with Crippen molar-refractivity contribution >= 4 is 11.6 Å². The van der Waals surface area contributed by atoms with Crippen LogP contribution in [-0.2, 0) is 0 Å². The van der Waals surface area contributed by atoms with E-state index in [1.165, 1.54) is 0 Å². The maximum atomic E-state index is 12.3. The highest BCUT2D eigenvalue weighted by molar-refractivity contribution is 5.99. The van der Waals surface area contributed by atoms with Crippen LogP contribution in [-0.4, -0.2) is 49.0 Å². The third-order valence-corrected chi connectivity index (χ3v) is 3.76. The third kappa shape index (κ3) is 3.23. The molecule has 0 radical (unpaired) electrons. The number of carbonyl (C=O) groups excluding carboxylic acids is 1. The van der Waals surface area contributed by atoms with E-state index in [0.717, 1.165) is 25.2 Å². The van der Waals surface area contributed by atoms with E-state index >= 15 is 0 Å². The second-order valence-electron chi connectivity index (χ2n) is 5.28. The van der Waals surface area contributed by atoms with E-state index in [1.54, 1.807) is 12.4 Å². The van der Waals surface area contributed by atoms with Gasteiger partial charge in [-0.1, -0.05) is 6.92 Å². The van der Waals surface area contributed by atoms with E-state index in [2.05, 4.69) is 34.5 Å². The third-order valence-electron chi connectivity index (χ3n) is 3.76. The highest BCUT2D eigenvalue weighted by Gasteiger charge is 2.26. The monoisotopic (exact) mass is 262 g/mol. The molecule has 0 aliphatic carbocycles. The fraction of sp³-hybridized carbons (Fsp3) is 0.571. The molecule has 1 aromatic heterocycles. The van der Waals surface area contributed by atoms with E-state index in [9.17, 15) is 4.79 Å². The van der Waals surface area contributed by atoms with Gasteiger partial charge < -0.3 is 15.5 Å². The van der Waals surface area contributed by atoms with Gasteiger partial charge in [-0.2, -0.15) is 0 Å². The maximum absolute atomic E-state index is 12.3. The minimum Gasteiger partial charge on any atom is -0.387 e. The predicted octanol–water partition coefficient (Wildman–Crippen LogP) is 1.19. The molecule has 1 aliphatic heterocycles. The van der Waals surface area contributed by atoms with Crippen LogP contribution in [0.3, 0.4) is 0 Å².